The van der Waals surface area contributed by atoms with Crippen LogP contribution in [0.15, 0.2) is 36.8 Å². The van der Waals surface area contributed by atoms with Crippen molar-refractivity contribution < 1.29 is 20.7 Å². The largest absolute Gasteiger partial charge is 0.491 e. The lowest BCUT2D eigenvalue weighted by atomic mass is 9.79. The van der Waals surface area contributed by atoms with Crippen molar-refractivity contribution in [2.75, 3.05) is 43.5 Å². The van der Waals surface area contributed by atoms with E-state index in [9.17, 15) is 8.42 Å². The Balaban J connectivity index is 1.13. The summed E-state index contributed by atoms with van der Waals surface area (Å²) in [6.45, 7) is 2.69. The second kappa shape index (κ2) is 9.20. The molecule has 0 atom stereocenters. The first kappa shape index (κ1) is 22.2. The van der Waals surface area contributed by atoms with Gasteiger partial charge in [0.25, 0.3) is 0 Å². The first-order valence-electron chi connectivity index (χ1n) is 14.6. The van der Waals surface area contributed by atoms with Gasteiger partial charge in [0.05, 0.1) is 23.0 Å². The third kappa shape index (κ3) is 4.46. The lowest BCUT2D eigenvalue weighted by Gasteiger charge is -2.40. The van der Waals surface area contributed by atoms with Crippen LogP contribution in [0.1, 0.15) is 44.6 Å². The summed E-state index contributed by atoms with van der Waals surface area (Å²) in [6, 6.07) is 8.21. The van der Waals surface area contributed by atoms with Gasteiger partial charge in [-0.2, -0.15) is 0 Å². The Labute approximate surface area is 226 Å². The normalized spacial score (nSPS) is 31.1. The smallest absolute Gasteiger partial charge is 0.158 e. The highest BCUT2D eigenvalue weighted by Gasteiger charge is 2.46. The molecule has 5 heterocycles. The van der Waals surface area contributed by atoms with E-state index >= 15 is 0 Å². The molecule has 7 rings (SSSR count). The Morgan fingerprint density at radius 2 is 2.00 bits per heavy atom. The Morgan fingerprint density at radius 3 is 2.74 bits per heavy atom. The van der Waals surface area contributed by atoms with E-state index in [1.165, 1.54) is 6.33 Å². The number of ether oxygens (including phenoxy) is 2. The van der Waals surface area contributed by atoms with Crippen LogP contribution in [0.3, 0.4) is 0 Å². The minimum absolute atomic E-state index is 0.155. The van der Waals surface area contributed by atoms with Crippen LogP contribution in [0.25, 0.3) is 22.2 Å². The minimum atomic E-state index is -2.88. The summed E-state index contributed by atoms with van der Waals surface area (Å²) in [5.74, 6) is 2.02. The van der Waals surface area contributed by atoms with Crippen molar-refractivity contribution in [2.45, 2.75) is 56.3 Å². The number of aromatic nitrogens is 3. The van der Waals surface area contributed by atoms with E-state index in [1.54, 1.807) is 0 Å². The molecule has 3 saturated heterocycles. The molecule has 4 fully saturated rings. The van der Waals surface area contributed by atoms with E-state index < -0.39 is 9.84 Å². The Kier molecular flexibility index (Phi) is 5.37. The molecular formula is C28H35N5O4S. The molecule has 0 spiro atoms. The number of nitrogens with two attached hydrogens (primary N) is 1. The van der Waals surface area contributed by atoms with Crippen molar-refractivity contribution in [3.63, 3.8) is 0 Å². The molecule has 1 aliphatic carbocycles. The van der Waals surface area contributed by atoms with Gasteiger partial charge in [-0.3, -0.25) is 0 Å². The van der Waals surface area contributed by atoms with Crippen LogP contribution < -0.4 is 10.5 Å². The molecule has 2 N–H and O–H groups in total. The Bertz CT molecular complexity index is 1500. The molecule has 1 aromatic carbocycles. The topological polar surface area (TPSA) is 113 Å². The monoisotopic (exact) mass is 539 g/mol. The molecule has 3 aromatic rings. The molecule has 10 heteroatoms. The van der Waals surface area contributed by atoms with Gasteiger partial charge in [0.15, 0.2) is 12.7 Å². The number of benzene rings is 1. The summed E-state index contributed by atoms with van der Waals surface area (Å²) < 4.78 is 54.2. The third-order valence-corrected chi connectivity index (χ3v) is 10.7. The number of nitrogen functional groups attached to an aromatic ring is 1. The van der Waals surface area contributed by atoms with Gasteiger partial charge in [-0.05, 0) is 62.1 Å². The molecule has 0 unspecified atom stereocenters. The van der Waals surface area contributed by atoms with Crippen LogP contribution >= 0.6 is 0 Å². The van der Waals surface area contributed by atoms with E-state index in [0.717, 1.165) is 67.6 Å². The summed E-state index contributed by atoms with van der Waals surface area (Å²) in [4.78, 5) is 11.1. The Hall–Kier alpha value is -2.69. The first-order valence-corrected chi connectivity index (χ1v) is 15.6. The van der Waals surface area contributed by atoms with Crippen molar-refractivity contribution in [2.24, 2.45) is 5.92 Å². The highest BCUT2D eigenvalue weighted by atomic mass is 32.2. The fourth-order valence-electron chi connectivity index (χ4n) is 6.79. The van der Waals surface area contributed by atoms with Crippen molar-refractivity contribution >= 4 is 26.7 Å². The number of fused-ring (bicyclic) bond motifs is 3. The number of hydrogen-bond donors (Lipinski definition) is 1. The quantitative estimate of drug-likeness (QED) is 0.463. The van der Waals surface area contributed by atoms with Gasteiger partial charge < -0.3 is 24.7 Å². The van der Waals surface area contributed by atoms with Gasteiger partial charge in [-0.1, -0.05) is 12.1 Å². The van der Waals surface area contributed by atoms with E-state index in [0.29, 0.717) is 42.8 Å². The lowest BCUT2D eigenvalue weighted by Crippen LogP contribution is -2.44. The summed E-state index contributed by atoms with van der Waals surface area (Å²) in [6.07, 6.45) is 10.2. The number of nitrogens with zero attached hydrogens (tertiary/aromatic N) is 4. The maximum Gasteiger partial charge on any atom is 0.158 e. The summed E-state index contributed by atoms with van der Waals surface area (Å²) in [5.41, 5.74) is 2.93. The van der Waals surface area contributed by atoms with Gasteiger partial charge in [-0.15, -0.1) is 0 Å². The molecule has 0 amide bonds. The highest BCUT2D eigenvalue weighted by Crippen LogP contribution is 2.45. The predicted molar refractivity (Wildman–Crippen MR) is 146 cm³/mol. The maximum atomic E-state index is 11.8. The van der Waals surface area contributed by atoms with E-state index in [-0.39, 0.29) is 29.0 Å². The highest BCUT2D eigenvalue weighted by molar-refractivity contribution is 7.91. The first-order chi connectivity index (χ1) is 19.3. The number of hydrogen-bond acceptors (Lipinski definition) is 8. The van der Waals surface area contributed by atoms with Crippen LogP contribution in [-0.4, -0.2) is 77.3 Å². The molecular weight excluding hydrogens is 502 g/mol. The Morgan fingerprint density at radius 1 is 1.18 bits per heavy atom. The van der Waals surface area contributed by atoms with Crippen molar-refractivity contribution in [1.82, 2.24) is 19.4 Å². The molecule has 1 saturated carbocycles. The van der Waals surface area contributed by atoms with Gasteiger partial charge in [0.1, 0.15) is 35.7 Å². The second-order valence-corrected chi connectivity index (χ2v) is 13.9. The molecule has 202 valence electrons. The lowest BCUT2D eigenvalue weighted by molar-refractivity contribution is -0.0198. The SMILES string of the molecule is [2H]N([2H])c1ncnc2c1c(-c1cccc(OCC34CCC(CC3)O4)c1)cn2C1CC(CN2CCS(=O)(=O)CC2)C1. The van der Waals surface area contributed by atoms with Crippen LogP contribution in [0, 0.1) is 5.92 Å². The molecule has 9 nitrogen and oxygen atoms in total. The molecule has 4 aliphatic rings. The number of sulfone groups is 1. The molecule has 3 aliphatic heterocycles. The fraction of sp³-hybridized carbons (Fsp3) is 0.571. The average Bonchev–Trinajstić information content (AvgIpc) is 3.64. The van der Waals surface area contributed by atoms with E-state index in [1.807, 2.05) is 24.3 Å². The number of rotatable bonds is 8. The van der Waals surface area contributed by atoms with E-state index in [2.05, 4.69) is 25.6 Å². The zero-order chi connectivity index (χ0) is 27.5. The van der Waals surface area contributed by atoms with Crippen molar-refractivity contribution in [3.05, 3.63) is 36.8 Å². The van der Waals surface area contributed by atoms with Crippen molar-refractivity contribution in [3.8, 4) is 16.9 Å². The number of anilines is 1. The zero-order valence-corrected chi connectivity index (χ0v) is 22.3. The summed E-state index contributed by atoms with van der Waals surface area (Å²) in [7, 11) is -2.88. The molecule has 0 radical (unpaired) electrons. The second-order valence-electron chi connectivity index (χ2n) is 11.6. The third-order valence-electron chi connectivity index (χ3n) is 9.05. The molecule has 2 aromatic heterocycles. The van der Waals surface area contributed by atoms with Crippen LogP contribution in [0.2, 0.25) is 2.82 Å². The van der Waals surface area contributed by atoms with Gasteiger partial charge in [0.2, 0.25) is 0 Å². The maximum absolute atomic E-state index is 11.8. The standard InChI is InChI=1S/C28H35N5O4S/c29-26-25-24(20-2-1-3-23(14-20)36-17-28-6-4-22(37-28)5-7-28)16-33(27(25)31-18-30-26)21-12-19(13-21)15-32-8-10-38(34,35)11-9-32/h1-3,14,16,18-19,21-22H,4-13,15,17H2,(H2,29,30,31)/i/hD2. The van der Waals surface area contributed by atoms with Gasteiger partial charge in [-0.25, -0.2) is 18.4 Å². The minimum Gasteiger partial charge on any atom is -0.491 e. The predicted octanol–water partition coefficient (Wildman–Crippen LogP) is 3.45. The van der Waals surface area contributed by atoms with Crippen LogP contribution in [-0.2, 0) is 14.6 Å². The van der Waals surface area contributed by atoms with E-state index in [4.69, 9.17) is 12.3 Å². The van der Waals surface area contributed by atoms with Crippen LogP contribution in [0.5, 0.6) is 5.75 Å². The molecule has 2 bridgehead atoms. The average molecular weight is 540 g/mol. The van der Waals surface area contributed by atoms with Crippen LogP contribution in [0.4, 0.5) is 5.82 Å². The fourth-order valence-corrected chi connectivity index (χ4v) is 8.07. The molecule has 38 heavy (non-hydrogen) atoms. The summed E-state index contributed by atoms with van der Waals surface area (Å²) >= 11 is 0. The summed E-state index contributed by atoms with van der Waals surface area (Å²) in [5, 5.41) is 0.686. The van der Waals surface area contributed by atoms with Gasteiger partial charge >= 0.3 is 0 Å². The van der Waals surface area contributed by atoms with Crippen molar-refractivity contribution in [1.29, 1.82) is 0 Å². The zero-order valence-electron chi connectivity index (χ0n) is 23.5. The van der Waals surface area contributed by atoms with Gasteiger partial charge in [0, 0.05) is 37.4 Å².